The molecule has 0 N–H and O–H groups in total. The maximum atomic E-state index is 14.0. The Kier molecular flexibility index (Phi) is 3.87. The minimum Gasteiger partial charge on any atom is -0.365 e. The summed E-state index contributed by atoms with van der Waals surface area (Å²) in [5, 5.41) is 12.4. The molecule has 9 heteroatoms. The Morgan fingerprint density at radius 2 is 2.04 bits per heavy atom. The fourth-order valence-corrected chi connectivity index (χ4v) is 4.21. The lowest BCUT2D eigenvalue weighted by atomic mass is 10.1. The molecule has 120 valence electrons. The Morgan fingerprint density at radius 1 is 1.35 bits per heavy atom. The van der Waals surface area contributed by atoms with E-state index in [4.69, 9.17) is 9.78 Å². The first-order valence-electron chi connectivity index (χ1n) is 6.73. The highest BCUT2D eigenvalue weighted by atomic mass is 32.2. The highest BCUT2D eigenvalue weighted by molar-refractivity contribution is 7.89. The van der Waals surface area contributed by atoms with E-state index >= 15 is 0 Å². The molecule has 0 amide bonds. The van der Waals surface area contributed by atoms with Crippen molar-refractivity contribution in [2.24, 2.45) is 0 Å². The van der Waals surface area contributed by atoms with E-state index in [1.165, 1.54) is 6.26 Å². The van der Waals surface area contributed by atoms with Gasteiger partial charge in [0.1, 0.15) is 17.9 Å². The summed E-state index contributed by atoms with van der Waals surface area (Å²) in [4.78, 5) is -1.03. The maximum Gasteiger partial charge on any atom is 0.248 e. The first kappa shape index (κ1) is 15.6. The van der Waals surface area contributed by atoms with E-state index in [2.05, 4.69) is 5.16 Å². The third-order valence-corrected chi connectivity index (χ3v) is 5.67. The molecule has 1 unspecified atom stereocenters. The van der Waals surface area contributed by atoms with Gasteiger partial charge in [-0.1, -0.05) is 5.16 Å². The number of aromatic nitrogens is 1. The Morgan fingerprint density at radius 3 is 2.61 bits per heavy atom. The van der Waals surface area contributed by atoms with Gasteiger partial charge in [0.15, 0.2) is 4.90 Å². The number of rotatable bonds is 3. The maximum absolute atomic E-state index is 14.0. The molecule has 3 rings (SSSR count). The molecule has 0 radical (unpaired) electrons. The molecule has 1 aliphatic heterocycles. The van der Waals surface area contributed by atoms with Crippen LogP contribution >= 0.6 is 0 Å². The first-order valence-corrected chi connectivity index (χ1v) is 8.17. The van der Waals surface area contributed by atoms with Gasteiger partial charge in [0.25, 0.3) is 0 Å². The van der Waals surface area contributed by atoms with Crippen molar-refractivity contribution >= 4 is 10.0 Å². The molecule has 2 heterocycles. The lowest BCUT2D eigenvalue weighted by molar-refractivity contribution is 0.403. The van der Waals surface area contributed by atoms with Crippen molar-refractivity contribution in [3.8, 4) is 6.07 Å². The van der Waals surface area contributed by atoms with Crippen LogP contribution < -0.4 is 0 Å². The molecular formula is C14H11F2N3O3S. The summed E-state index contributed by atoms with van der Waals surface area (Å²) in [6, 6.07) is 4.62. The number of nitrogens with zero attached hydrogens (tertiary/aromatic N) is 3. The SMILES string of the molecule is N#Cc1cc(F)c(S(=O)(=O)N2CCC(c3ccon3)C2)c(F)c1. The van der Waals surface area contributed by atoms with Gasteiger partial charge in [0, 0.05) is 25.1 Å². The Bertz CT molecular complexity index is 852. The van der Waals surface area contributed by atoms with E-state index < -0.39 is 26.6 Å². The first-order chi connectivity index (χ1) is 10.9. The van der Waals surface area contributed by atoms with Crippen LogP contribution in [0.15, 0.2) is 33.9 Å². The monoisotopic (exact) mass is 339 g/mol. The molecule has 1 fully saturated rings. The van der Waals surface area contributed by atoms with E-state index in [-0.39, 0.29) is 24.6 Å². The number of hydrogen-bond donors (Lipinski definition) is 0. The van der Waals surface area contributed by atoms with Crippen LogP contribution in [0, 0.1) is 23.0 Å². The van der Waals surface area contributed by atoms with E-state index in [0.717, 1.165) is 4.31 Å². The number of halogens is 2. The molecule has 23 heavy (non-hydrogen) atoms. The largest absolute Gasteiger partial charge is 0.365 e. The number of nitriles is 1. The molecule has 0 aliphatic carbocycles. The third-order valence-electron chi connectivity index (χ3n) is 3.75. The molecule has 6 nitrogen and oxygen atoms in total. The molecule has 1 atom stereocenters. The van der Waals surface area contributed by atoms with Crippen LogP contribution in [0.1, 0.15) is 23.6 Å². The summed E-state index contributed by atoms with van der Waals surface area (Å²) >= 11 is 0. The Labute approximate surface area is 131 Å². The summed E-state index contributed by atoms with van der Waals surface area (Å²) in [7, 11) is -4.33. The average Bonchev–Trinajstić information content (AvgIpc) is 3.17. The third kappa shape index (κ3) is 2.71. The zero-order valence-corrected chi connectivity index (χ0v) is 12.6. The molecule has 1 aliphatic rings. The average molecular weight is 339 g/mol. The van der Waals surface area contributed by atoms with Gasteiger partial charge in [-0.15, -0.1) is 0 Å². The van der Waals surface area contributed by atoms with Crippen molar-refractivity contribution in [1.82, 2.24) is 9.46 Å². The predicted octanol–water partition coefficient (Wildman–Crippen LogP) is 2.00. The Hall–Kier alpha value is -2.31. The molecular weight excluding hydrogens is 328 g/mol. The van der Waals surface area contributed by atoms with Gasteiger partial charge < -0.3 is 4.52 Å². The van der Waals surface area contributed by atoms with Crippen molar-refractivity contribution in [2.45, 2.75) is 17.2 Å². The van der Waals surface area contributed by atoms with Crippen LogP contribution in [0.5, 0.6) is 0 Å². The van der Waals surface area contributed by atoms with Crippen molar-refractivity contribution in [3.63, 3.8) is 0 Å². The van der Waals surface area contributed by atoms with Crippen LogP contribution in [0.3, 0.4) is 0 Å². The van der Waals surface area contributed by atoms with Gasteiger partial charge in [-0.2, -0.15) is 9.57 Å². The smallest absolute Gasteiger partial charge is 0.248 e. The molecule has 1 saturated heterocycles. The summed E-state index contributed by atoms with van der Waals surface area (Å²) in [6.07, 6.45) is 1.86. The second-order valence-corrected chi connectivity index (χ2v) is 7.03. The van der Waals surface area contributed by atoms with Gasteiger partial charge in [-0.25, -0.2) is 17.2 Å². The van der Waals surface area contributed by atoms with Crippen molar-refractivity contribution < 1.29 is 21.7 Å². The van der Waals surface area contributed by atoms with E-state index in [0.29, 0.717) is 24.2 Å². The Balaban J connectivity index is 1.93. The van der Waals surface area contributed by atoms with Crippen LogP contribution in [-0.4, -0.2) is 31.0 Å². The normalized spacial score (nSPS) is 18.9. The predicted molar refractivity (Wildman–Crippen MR) is 73.7 cm³/mol. The number of sulfonamides is 1. The zero-order chi connectivity index (χ0) is 16.6. The van der Waals surface area contributed by atoms with Crippen LogP contribution in [0.4, 0.5) is 8.78 Å². The summed E-state index contributed by atoms with van der Waals surface area (Å²) in [6.45, 7) is 0.187. The molecule has 1 aromatic heterocycles. The lowest BCUT2D eigenvalue weighted by Crippen LogP contribution is -2.30. The van der Waals surface area contributed by atoms with Crippen LogP contribution in [0.2, 0.25) is 0 Å². The van der Waals surface area contributed by atoms with Crippen molar-refractivity contribution in [2.75, 3.05) is 13.1 Å². The molecule has 0 spiro atoms. The molecule has 0 saturated carbocycles. The topological polar surface area (TPSA) is 87.2 Å². The van der Waals surface area contributed by atoms with Crippen molar-refractivity contribution in [3.05, 3.63) is 47.4 Å². The summed E-state index contributed by atoms with van der Waals surface area (Å²) in [5.41, 5.74) is 0.323. The van der Waals surface area contributed by atoms with Gasteiger partial charge >= 0.3 is 0 Å². The van der Waals surface area contributed by atoms with E-state index in [9.17, 15) is 17.2 Å². The van der Waals surface area contributed by atoms with Gasteiger partial charge in [-0.05, 0) is 18.6 Å². The molecule has 0 bridgehead atoms. The highest BCUT2D eigenvalue weighted by Gasteiger charge is 2.37. The van der Waals surface area contributed by atoms with Crippen molar-refractivity contribution in [1.29, 1.82) is 5.26 Å². The van der Waals surface area contributed by atoms with Gasteiger partial charge in [0.2, 0.25) is 10.0 Å². The quantitative estimate of drug-likeness (QED) is 0.853. The fraction of sp³-hybridized carbons (Fsp3) is 0.286. The molecule has 1 aromatic carbocycles. The highest BCUT2D eigenvalue weighted by Crippen LogP contribution is 2.32. The zero-order valence-electron chi connectivity index (χ0n) is 11.7. The molecule has 2 aromatic rings. The summed E-state index contributed by atoms with van der Waals surface area (Å²) < 4.78 is 58.7. The standard InChI is InChI=1S/C14H11F2N3O3S/c15-11-5-9(7-17)6-12(16)14(11)23(20,21)19-3-1-10(8-19)13-2-4-22-18-13/h2,4-6,10H,1,3,8H2. The van der Waals surface area contributed by atoms with Gasteiger partial charge in [-0.3, -0.25) is 0 Å². The fourth-order valence-electron chi connectivity index (χ4n) is 2.62. The minimum atomic E-state index is -4.33. The van der Waals surface area contributed by atoms with Crippen LogP contribution in [-0.2, 0) is 10.0 Å². The van der Waals surface area contributed by atoms with E-state index in [1.54, 1.807) is 12.1 Å². The minimum absolute atomic E-state index is 0.0632. The second kappa shape index (κ2) is 5.72. The van der Waals surface area contributed by atoms with E-state index in [1.807, 2.05) is 0 Å². The van der Waals surface area contributed by atoms with Crippen LogP contribution in [0.25, 0.3) is 0 Å². The van der Waals surface area contributed by atoms with Gasteiger partial charge in [0.05, 0.1) is 17.3 Å². The second-order valence-electron chi connectivity index (χ2n) is 5.15. The number of benzene rings is 1. The number of hydrogen-bond acceptors (Lipinski definition) is 5. The summed E-state index contributed by atoms with van der Waals surface area (Å²) in [5.74, 6) is -2.73. The lowest BCUT2D eigenvalue weighted by Gasteiger charge is -2.17.